The van der Waals surface area contributed by atoms with Crippen molar-refractivity contribution < 1.29 is 47.2 Å². The number of nitrogens with zero attached hydrogens (tertiary/aromatic N) is 4. The molecule has 0 bridgehead atoms. The maximum Gasteiger partial charge on any atom is 1.00 e. The van der Waals surface area contributed by atoms with Crippen LogP contribution in [0.25, 0.3) is 10.2 Å². The van der Waals surface area contributed by atoms with Gasteiger partial charge in [0, 0.05) is 37.5 Å². The third kappa shape index (κ3) is 14.7. The van der Waals surface area contributed by atoms with Crippen LogP contribution in [0.15, 0.2) is 0 Å². The van der Waals surface area contributed by atoms with Crippen LogP contribution in [0.4, 0.5) is 0 Å². The van der Waals surface area contributed by atoms with Gasteiger partial charge in [-0.25, -0.2) is 0 Å². The zero-order valence-electron chi connectivity index (χ0n) is 25.2. The van der Waals surface area contributed by atoms with Crippen LogP contribution < -0.4 is 37.7 Å². The van der Waals surface area contributed by atoms with Crippen LogP contribution in [-0.4, -0.2) is 57.5 Å². The molecule has 0 aromatic heterocycles. The Morgan fingerprint density at radius 3 is 0.853 bits per heavy atom. The molecule has 0 aromatic carbocycles. The molecule has 3 heterocycles. The van der Waals surface area contributed by atoms with Gasteiger partial charge in [-0.1, -0.05) is 58.3 Å². The van der Waals surface area contributed by atoms with Crippen LogP contribution in [0.5, 0.6) is 0 Å². The second kappa shape index (κ2) is 16.0. The summed E-state index contributed by atoms with van der Waals surface area (Å²) < 4.78 is 15.0. The first-order valence-electron chi connectivity index (χ1n) is 12.2. The predicted molar refractivity (Wildman–Crippen MR) is 143 cm³/mol. The van der Waals surface area contributed by atoms with Crippen LogP contribution in [0.3, 0.4) is 0 Å². The third-order valence-corrected chi connectivity index (χ3v) is 11.5. The Hall–Kier alpha value is 1.81. The van der Waals surface area contributed by atoms with Gasteiger partial charge in [0.1, 0.15) is 0 Å². The van der Waals surface area contributed by atoms with Crippen molar-refractivity contribution in [3.05, 3.63) is 10.2 Å². The van der Waals surface area contributed by atoms with E-state index >= 15 is 0 Å². The fourth-order valence-corrected chi connectivity index (χ4v) is 9.02. The molecular formula is C24H52Li2N4O2P2. The second-order valence-corrected chi connectivity index (χ2v) is 16.3. The van der Waals surface area contributed by atoms with Crippen molar-refractivity contribution in [1.29, 1.82) is 0 Å². The summed E-state index contributed by atoms with van der Waals surface area (Å²) in [4.78, 5) is 0. The molecule has 0 aliphatic carbocycles. The molecule has 3 aliphatic rings. The maximum atomic E-state index is 5.16. The molecule has 3 rings (SSSR count). The van der Waals surface area contributed by atoms with E-state index in [2.05, 4.69) is 92.0 Å². The Balaban J connectivity index is 0. The van der Waals surface area contributed by atoms with E-state index in [4.69, 9.17) is 19.6 Å². The molecule has 10 heteroatoms. The Labute approximate surface area is 239 Å². The quantitative estimate of drug-likeness (QED) is 0.429. The molecule has 0 spiro atoms. The van der Waals surface area contributed by atoms with Crippen LogP contribution in [0.2, 0.25) is 0 Å². The Morgan fingerprint density at radius 2 is 0.735 bits per heavy atom. The average molecular weight is 505 g/mol. The van der Waals surface area contributed by atoms with Crippen molar-refractivity contribution in [2.75, 3.05) is 26.4 Å². The van der Waals surface area contributed by atoms with Gasteiger partial charge in [0.05, 0.1) is 0 Å². The summed E-state index contributed by atoms with van der Waals surface area (Å²) in [5.41, 5.74) is 0.120. The second-order valence-electron chi connectivity index (χ2n) is 12.6. The zero-order valence-corrected chi connectivity index (χ0v) is 26.9. The summed E-state index contributed by atoms with van der Waals surface area (Å²) in [6.07, 6.45) is 5.11. The van der Waals surface area contributed by atoms with Crippen molar-refractivity contribution in [2.24, 2.45) is 0 Å². The van der Waals surface area contributed by atoms with E-state index < -0.39 is 16.7 Å². The summed E-state index contributed by atoms with van der Waals surface area (Å²) in [6, 6.07) is 0. The molecule has 3 saturated heterocycles. The molecule has 192 valence electrons. The zero-order chi connectivity index (χ0) is 24.8. The van der Waals surface area contributed by atoms with E-state index in [1.807, 2.05) is 0 Å². The Kier molecular flexibility index (Phi) is 17.9. The molecular weight excluding hydrogens is 452 g/mol. The molecule has 0 atom stereocenters. The molecule has 0 saturated carbocycles. The van der Waals surface area contributed by atoms with Gasteiger partial charge in [-0.3, -0.25) is 8.88 Å². The summed E-state index contributed by atoms with van der Waals surface area (Å²) in [6.45, 7) is 30.9. The summed E-state index contributed by atoms with van der Waals surface area (Å²) in [5.74, 6) is 0. The van der Waals surface area contributed by atoms with Crippen molar-refractivity contribution in [3.63, 3.8) is 0 Å². The number of ether oxygens (including phenoxy) is 2. The molecule has 34 heavy (non-hydrogen) atoms. The first-order chi connectivity index (χ1) is 14.4. The minimum absolute atomic E-state index is 0. The first kappa shape index (κ1) is 38.0. The van der Waals surface area contributed by atoms with E-state index in [0.29, 0.717) is 0 Å². The minimum atomic E-state index is -0.654. The number of hydrogen-bond acceptors (Lipinski definition) is 4. The first-order valence-corrected chi connectivity index (χ1v) is 14.6. The van der Waals surface area contributed by atoms with Crippen molar-refractivity contribution in [3.8, 4) is 0 Å². The molecule has 0 radical (unpaired) electrons. The van der Waals surface area contributed by atoms with Crippen LogP contribution in [0.1, 0.15) is 109 Å². The molecule has 0 N–H and O–H groups in total. The minimum Gasteiger partial charge on any atom is -0.605 e. The molecule has 3 fully saturated rings. The standard InChI is InChI=1S/C16H36N4P2.2C4H8O.2Li/c1-13(2,3)17-21-19(15(7,8)9)22(18-14(4,5)6)20(21)16(10,11)12;2*1-2-4-5-3-1;;/h1-12H3;2*1-4H2;;/q-2;;;2*+1. The number of hydrogen-bond donors (Lipinski definition) is 0. The molecule has 6 nitrogen and oxygen atoms in total. The molecule has 3 aliphatic heterocycles. The van der Waals surface area contributed by atoms with Crippen LogP contribution in [-0.2, 0) is 9.47 Å². The van der Waals surface area contributed by atoms with Gasteiger partial charge >= 0.3 is 37.7 Å². The fourth-order valence-electron chi connectivity index (χ4n) is 3.07. The largest absolute Gasteiger partial charge is 1.00 e. The normalized spacial score (nSPS) is 24.0. The van der Waals surface area contributed by atoms with Crippen molar-refractivity contribution in [1.82, 2.24) is 8.88 Å². The maximum absolute atomic E-state index is 5.16. The Bertz CT molecular complexity index is 468. The molecule has 0 unspecified atom stereocenters. The van der Waals surface area contributed by atoms with Crippen LogP contribution in [0, 0.1) is 0 Å². The van der Waals surface area contributed by atoms with Gasteiger partial charge in [0.25, 0.3) is 0 Å². The van der Waals surface area contributed by atoms with Crippen molar-refractivity contribution in [2.45, 2.75) is 131 Å². The van der Waals surface area contributed by atoms with Crippen molar-refractivity contribution >= 4 is 16.7 Å². The molecule has 0 aromatic rings. The smallest absolute Gasteiger partial charge is 0.605 e. The van der Waals surface area contributed by atoms with E-state index in [-0.39, 0.29) is 59.9 Å². The van der Waals surface area contributed by atoms with Crippen LogP contribution >= 0.6 is 16.7 Å². The van der Waals surface area contributed by atoms with Gasteiger partial charge in [0.15, 0.2) is 0 Å². The van der Waals surface area contributed by atoms with Gasteiger partial charge in [-0.15, -0.1) is 11.1 Å². The summed E-state index contributed by atoms with van der Waals surface area (Å²) >= 11 is 0. The topological polar surface area (TPSA) is 53.1 Å². The molecule has 0 amide bonds. The van der Waals surface area contributed by atoms with E-state index in [1.54, 1.807) is 0 Å². The summed E-state index contributed by atoms with van der Waals surface area (Å²) in [7, 11) is -1.31. The average Bonchev–Trinajstić information content (AvgIpc) is 3.27. The van der Waals surface area contributed by atoms with E-state index in [9.17, 15) is 0 Å². The Morgan fingerprint density at radius 1 is 0.500 bits per heavy atom. The van der Waals surface area contributed by atoms with Gasteiger partial charge in [-0.2, -0.15) is 0 Å². The van der Waals surface area contributed by atoms with E-state index in [0.717, 1.165) is 26.4 Å². The van der Waals surface area contributed by atoms with Gasteiger partial charge < -0.3 is 19.6 Å². The van der Waals surface area contributed by atoms with E-state index in [1.165, 1.54) is 25.7 Å². The van der Waals surface area contributed by atoms with Gasteiger partial charge in [-0.05, 0) is 67.2 Å². The fraction of sp³-hybridized carbons (Fsp3) is 1.00. The SMILES string of the molecule is C1CCOC1.C1CCOC1.CC(C)(C)[N-]P1N(C(C)(C)C)P([N-]C(C)(C)C)N1C(C)(C)C.[Li+].[Li+]. The number of rotatable bonds is 2. The summed E-state index contributed by atoms with van der Waals surface area (Å²) in [5, 5.41) is 10.3. The predicted octanol–water partition coefficient (Wildman–Crippen LogP) is 2.60. The monoisotopic (exact) mass is 504 g/mol. The third-order valence-electron chi connectivity index (χ3n) is 4.31. The van der Waals surface area contributed by atoms with Gasteiger partial charge in [0.2, 0.25) is 0 Å².